The highest BCUT2D eigenvalue weighted by Gasteiger charge is 2.07. The lowest BCUT2D eigenvalue weighted by molar-refractivity contribution is 0.0992. The van der Waals surface area contributed by atoms with E-state index in [0.29, 0.717) is 35.3 Å². The number of carbonyl (C=O) groups is 4. The molecule has 0 aliphatic carbocycles. The van der Waals surface area contributed by atoms with Crippen LogP contribution >= 0.6 is 0 Å². The van der Waals surface area contributed by atoms with Crippen molar-refractivity contribution >= 4 is 35.4 Å². The van der Waals surface area contributed by atoms with Crippen molar-refractivity contribution in [2.24, 2.45) is 11.5 Å². The molecule has 10 nitrogen and oxygen atoms in total. The van der Waals surface area contributed by atoms with Crippen molar-refractivity contribution in [1.29, 1.82) is 0 Å². The van der Waals surface area contributed by atoms with Crippen molar-refractivity contribution in [1.82, 2.24) is 0 Å². The van der Waals surface area contributed by atoms with Gasteiger partial charge in [-0.1, -0.05) is 31.4 Å². The Hall–Kier alpha value is -4.08. The summed E-state index contributed by atoms with van der Waals surface area (Å²) >= 11 is 0. The fourth-order valence-corrected chi connectivity index (χ4v) is 2.87. The van der Waals surface area contributed by atoms with E-state index in [9.17, 15) is 19.2 Å². The Bertz CT molecular complexity index is 901. The average Bonchev–Trinajstić information content (AvgIpc) is 2.78. The van der Waals surface area contributed by atoms with Gasteiger partial charge in [0.15, 0.2) is 0 Å². The summed E-state index contributed by atoms with van der Waals surface area (Å²) in [7, 11) is 0. The minimum Gasteiger partial charge on any atom is -0.449 e. The fourth-order valence-electron chi connectivity index (χ4n) is 2.87. The molecule has 33 heavy (non-hydrogen) atoms. The maximum atomic E-state index is 11.8. The number of rotatable bonds is 12. The fraction of sp³-hybridized carbons (Fsp3) is 0.304. The van der Waals surface area contributed by atoms with Crippen molar-refractivity contribution < 1.29 is 28.7 Å². The van der Waals surface area contributed by atoms with Gasteiger partial charge in [-0.25, -0.2) is 9.59 Å². The van der Waals surface area contributed by atoms with Gasteiger partial charge >= 0.3 is 12.2 Å². The predicted molar refractivity (Wildman–Crippen MR) is 123 cm³/mol. The van der Waals surface area contributed by atoms with E-state index in [-0.39, 0.29) is 13.2 Å². The van der Waals surface area contributed by atoms with Crippen LogP contribution in [0.4, 0.5) is 21.0 Å². The van der Waals surface area contributed by atoms with Crippen molar-refractivity contribution in [3.63, 3.8) is 0 Å². The minimum atomic E-state index is -0.600. The summed E-state index contributed by atoms with van der Waals surface area (Å²) in [4.78, 5) is 45.9. The quantitative estimate of drug-likeness (QED) is 0.356. The molecule has 0 aliphatic heterocycles. The third-order valence-electron chi connectivity index (χ3n) is 4.54. The summed E-state index contributed by atoms with van der Waals surface area (Å²) in [5.41, 5.74) is 11.9. The van der Waals surface area contributed by atoms with E-state index in [1.54, 1.807) is 36.4 Å². The molecule has 0 bridgehead atoms. The van der Waals surface area contributed by atoms with Gasteiger partial charge in [-0.15, -0.1) is 0 Å². The van der Waals surface area contributed by atoms with Crippen LogP contribution in [0.15, 0.2) is 48.5 Å². The second-order valence-corrected chi connectivity index (χ2v) is 7.18. The summed E-state index contributed by atoms with van der Waals surface area (Å²) in [6, 6.07) is 12.6. The molecular formula is C23H28N4O6. The zero-order valence-corrected chi connectivity index (χ0v) is 18.2. The van der Waals surface area contributed by atoms with Crippen LogP contribution in [-0.2, 0) is 9.47 Å². The molecule has 10 heteroatoms. The minimum absolute atomic E-state index is 0.268. The van der Waals surface area contributed by atoms with Gasteiger partial charge in [-0.3, -0.25) is 20.2 Å². The van der Waals surface area contributed by atoms with Gasteiger partial charge in [0.05, 0.1) is 13.2 Å². The van der Waals surface area contributed by atoms with E-state index in [1.807, 2.05) is 0 Å². The SMILES string of the molecule is NC(=O)c1cccc(NC(=O)OCCCCCCCOC(=O)Nc2cccc(C(N)=O)c2)c1. The number of unbranched alkanes of at least 4 members (excludes halogenated alkanes) is 4. The molecule has 2 rings (SSSR count). The molecule has 0 aliphatic rings. The molecule has 0 aromatic heterocycles. The molecule has 2 aromatic carbocycles. The summed E-state index contributed by atoms with van der Waals surface area (Å²) in [5, 5.41) is 5.09. The largest absolute Gasteiger partial charge is 0.449 e. The summed E-state index contributed by atoms with van der Waals surface area (Å²) in [5.74, 6) is -1.15. The van der Waals surface area contributed by atoms with E-state index in [0.717, 1.165) is 19.3 Å². The number of anilines is 2. The van der Waals surface area contributed by atoms with Crippen LogP contribution in [0, 0.1) is 0 Å². The molecule has 0 saturated carbocycles. The highest BCUT2D eigenvalue weighted by atomic mass is 16.6. The molecule has 0 atom stereocenters. The lowest BCUT2D eigenvalue weighted by atomic mass is 10.1. The smallest absolute Gasteiger partial charge is 0.411 e. The number of carbonyl (C=O) groups excluding carboxylic acids is 4. The molecule has 176 valence electrons. The molecule has 0 spiro atoms. The van der Waals surface area contributed by atoms with Crippen LogP contribution in [0.25, 0.3) is 0 Å². The standard InChI is InChI=1S/C23H28N4O6/c24-20(28)16-8-6-10-18(14-16)26-22(30)32-12-4-2-1-3-5-13-33-23(31)27-19-11-7-9-17(15-19)21(25)29/h6-11,14-15H,1-5,12-13H2,(H2,24,28)(H2,25,29)(H,26,30)(H,27,31). The summed E-state index contributed by atoms with van der Waals surface area (Å²) in [6.07, 6.45) is 2.82. The first-order valence-electron chi connectivity index (χ1n) is 10.5. The Labute approximate surface area is 191 Å². The summed E-state index contributed by atoms with van der Waals surface area (Å²) in [6.45, 7) is 0.537. The molecule has 0 unspecified atom stereocenters. The molecule has 0 fully saturated rings. The van der Waals surface area contributed by atoms with Crippen LogP contribution in [0.5, 0.6) is 0 Å². The lowest BCUT2D eigenvalue weighted by Crippen LogP contribution is -2.16. The zero-order chi connectivity index (χ0) is 24.1. The third kappa shape index (κ3) is 9.72. The number of hydrogen-bond donors (Lipinski definition) is 4. The van der Waals surface area contributed by atoms with Crippen LogP contribution in [0.3, 0.4) is 0 Å². The Balaban J connectivity index is 1.50. The van der Waals surface area contributed by atoms with E-state index in [2.05, 4.69) is 10.6 Å². The monoisotopic (exact) mass is 456 g/mol. The second kappa shape index (κ2) is 13.4. The van der Waals surface area contributed by atoms with E-state index < -0.39 is 24.0 Å². The van der Waals surface area contributed by atoms with Crippen LogP contribution in [0.1, 0.15) is 52.8 Å². The lowest BCUT2D eigenvalue weighted by Gasteiger charge is -2.08. The van der Waals surface area contributed by atoms with Gasteiger partial charge in [0.25, 0.3) is 0 Å². The Morgan fingerprint density at radius 1 is 0.636 bits per heavy atom. The van der Waals surface area contributed by atoms with Crippen molar-refractivity contribution in [3.8, 4) is 0 Å². The maximum Gasteiger partial charge on any atom is 0.411 e. The number of nitrogens with two attached hydrogens (primary N) is 2. The maximum absolute atomic E-state index is 11.8. The normalized spacial score (nSPS) is 10.2. The van der Waals surface area contributed by atoms with E-state index in [4.69, 9.17) is 20.9 Å². The summed E-state index contributed by atoms with van der Waals surface area (Å²) < 4.78 is 10.2. The first-order valence-corrected chi connectivity index (χ1v) is 10.5. The Morgan fingerprint density at radius 3 is 1.42 bits per heavy atom. The number of amides is 4. The van der Waals surface area contributed by atoms with E-state index in [1.165, 1.54) is 12.1 Å². The van der Waals surface area contributed by atoms with E-state index >= 15 is 0 Å². The molecule has 4 amide bonds. The molecule has 2 aromatic rings. The van der Waals surface area contributed by atoms with Crippen molar-refractivity contribution in [2.45, 2.75) is 32.1 Å². The Kier molecular flexibility index (Phi) is 10.2. The van der Waals surface area contributed by atoms with Crippen LogP contribution in [-0.4, -0.2) is 37.2 Å². The Morgan fingerprint density at radius 2 is 1.03 bits per heavy atom. The number of benzene rings is 2. The highest BCUT2D eigenvalue weighted by Crippen LogP contribution is 2.12. The molecule has 0 radical (unpaired) electrons. The number of ether oxygens (including phenoxy) is 2. The van der Waals surface area contributed by atoms with Crippen molar-refractivity contribution in [3.05, 3.63) is 59.7 Å². The second-order valence-electron chi connectivity index (χ2n) is 7.18. The number of hydrogen-bond acceptors (Lipinski definition) is 6. The molecule has 0 saturated heterocycles. The topological polar surface area (TPSA) is 163 Å². The predicted octanol–water partition coefficient (Wildman–Crippen LogP) is 3.63. The average molecular weight is 456 g/mol. The molecule has 0 heterocycles. The van der Waals surface area contributed by atoms with Gasteiger partial charge in [-0.2, -0.15) is 0 Å². The van der Waals surface area contributed by atoms with Gasteiger partial charge in [0, 0.05) is 22.5 Å². The van der Waals surface area contributed by atoms with Gasteiger partial charge in [-0.05, 0) is 49.2 Å². The van der Waals surface area contributed by atoms with Gasteiger partial charge in [0.2, 0.25) is 11.8 Å². The molecule has 6 N–H and O–H groups in total. The first kappa shape index (κ1) is 25.2. The number of primary amides is 2. The number of nitrogens with one attached hydrogen (secondary N) is 2. The van der Waals surface area contributed by atoms with Crippen LogP contribution < -0.4 is 22.1 Å². The van der Waals surface area contributed by atoms with Crippen LogP contribution in [0.2, 0.25) is 0 Å². The zero-order valence-electron chi connectivity index (χ0n) is 18.2. The van der Waals surface area contributed by atoms with Gasteiger partial charge < -0.3 is 20.9 Å². The van der Waals surface area contributed by atoms with Gasteiger partial charge in [0.1, 0.15) is 0 Å². The molecular weight excluding hydrogens is 428 g/mol. The van der Waals surface area contributed by atoms with Crippen molar-refractivity contribution in [2.75, 3.05) is 23.8 Å². The first-order chi connectivity index (χ1) is 15.8. The highest BCUT2D eigenvalue weighted by molar-refractivity contribution is 5.95. The third-order valence-corrected chi connectivity index (χ3v) is 4.54.